The fourth-order valence-corrected chi connectivity index (χ4v) is 5.52. The van der Waals surface area contributed by atoms with Crippen LogP contribution in [0.4, 0.5) is 0 Å². The SMILES string of the molecule is Cc1ccc2oc3c(c(=O)c2c1)C(c1cccc(OCc2ccccc2)c1)N(CCCN1CCOCC1)C3=O. The molecule has 0 bridgehead atoms. The fourth-order valence-electron chi connectivity index (χ4n) is 5.52. The summed E-state index contributed by atoms with van der Waals surface area (Å²) >= 11 is 0. The van der Waals surface area contributed by atoms with E-state index < -0.39 is 6.04 Å². The molecule has 1 fully saturated rings. The Bertz CT molecular complexity index is 1540. The van der Waals surface area contributed by atoms with Crippen LogP contribution >= 0.6 is 0 Å². The minimum Gasteiger partial charge on any atom is -0.489 e. The number of carbonyl (C=O) groups excluding carboxylic acids is 1. The first-order valence-corrected chi connectivity index (χ1v) is 13.5. The van der Waals surface area contributed by atoms with Crippen molar-refractivity contribution < 1.29 is 18.7 Å². The number of carbonyl (C=O) groups is 1. The van der Waals surface area contributed by atoms with Gasteiger partial charge in [0, 0.05) is 26.2 Å². The number of hydrogen-bond donors (Lipinski definition) is 0. The van der Waals surface area contributed by atoms with Crippen molar-refractivity contribution >= 4 is 16.9 Å². The summed E-state index contributed by atoms with van der Waals surface area (Å²) in [7, 11) is 0. The summed E-state index contributed by atoms with van der Waals surface area (Å²) in [6.07, 6.45) is 0.785. The van der Waals surface area contributed by atoms with Crippen LogP contribution in [0.15, 0.2) is 82.0 Å². The average Bonchev–Trinajstić information content (AvgIpc) is 3.25. The summed E-state index contributed by atoms with van der Waals surface area (Å²) in [5, 5.41) is 0.498. The number of aryl methyl sites for hydroxylation is 1. The second kappa shape index (κ2) is 11.0. The molecule has 6 rings (SSSR count). The molecule has 0 spiro atoms. The van der Waals surface area contributed by atoms with Gasteiger partial charge in [-0.25, -0.2) is 0 Å². The number of morpholine rings is 1. The van der Waals surface area contributed by atoms with Crippen molar-refractivity contribution in [1.82, 2.24) is 9.80 Å². The predicted octanol–water partition coefficient (Wildman–Crippen LogP) is 4.95. The number of rotatable bonds is 8. The molecule has 0 radical (unpaired) electrons. The van der Waals surface area contributed by atoms with Gasteiger partial charge in [-0.1, -0.05) is 54.1 Å². The highest BCUT2D eigenvalue weighted by atomic mass is 16.5. The predicted molar refractivity (Wildman–Crippen MR) is 149 cm³/mol. The Morgan fingerprint density at radius 1 is 0.923 bits per heavy atom. The van der Waals surface area contributed by atoms with E-state index in [2.05, 4.69) is 4.90 Å². The van der Waals surface area contributed by atoms with Crippen LogP contribution in [-0.2, 0) is 11.3 Å². The van der Waals surface area contributed by atoms with Gasteiger partial charge in [0.2, 0.25) is 5.76 Å². The standard InChI is InChI=1S/C32H32N2O5/c1-22-11-12-27-26(19-22)30(35)28-29(24-9-5-10-25(20-24)38-21-23-7-3-2-4-8-23)34(32(36)31(28)39-27)14-6-13-33-15-17-37-18-16-33/h2-5,7-12,19-20,29H,6,13-18,21H2,1H3. The van der Waals surface area contributed by atoms with Gasteiger partial charge in [-0.15, -0.1) is 0 Å². The molecule has 4 aromatic rings. The highest BCUT2D eigenvalue weighted by Crippen LogP contribution is 2.39. The van der Waals surface area contributed by atoms with E-state index in [4.69, 9.17) is 13.9 Å². The quantitative estimate of drug-likeness (QED) is 0.325. The van der Waals surface area contributed by atoms with Crippen LogP contribution in [-0.4, -0.2) is 55.1 Å². The summed E-state index contributed by atoms with van der Waals surface area (Å²) in [6, 6.07) is 22.6. The molecule has 200 valence electrons. The monoisotopic (exact) mass is 524 g/mol. The third-order valence-corrected chi connectivity index (χ3v) is 7.52. The molecular weight excluding hydrogens is 492 g/mol. The van der Waals surface area contributed by atoms with Crippen LogP contribution in [0, 0.1) is 6.92 Å². The maximum atomic E-state index is 13.9. The molecule has 1 unspecified atom stereocenters. The van der Waals surface area contributed by atoms with Crippen molar-refractivity contribution in [1.29, 1.82) is 0 Å². The maximum absolute atomic E-state index is 13.9. The maximum Gasteiger partial charge on any atom is 0.290 e. The van der Waals surface area contributed by atoms with Crippen molar-refractivity contribution in [2.24, 2.45) is 0 Å². The Kier molecular flexibility index (Phi) is 7.18. The highest BCUT2D eigenvalue weighted by molar-refractivity contribution is 5.99. The van der Waals surface area contributed by atoms with Gasteiger partial charge in [-0.2, -0.15) is 0 Å². The van der Waals surface area contributed by atoms with E-state index in [-0.39, 0.29) is 17.1 Å². The van der Waals surface area contributed by atoms with Crippen LogP contribution in [0.3, 0.4) is 0 Å². The minimum atomic E-state index is -0.543. The van der Waals surface area contributed by atoms with Crippen LogP contribution < -0.4 is 10.2 Å². The molecule has 3 aromatic carbocycles. The Hall–Kier alpha value is -3.94. The molecule has 7 nitrogen and oxygen atoms in total. The van der Waals surface area contributed by atoms with Crippen LogP contribution in [0.25, 0.3) is 11.0 Å². The highest BCUT2D eigenvalue weighted by Gasteiger charge is 2.42. The third-order valence-electron chi connectivity index (χ3n) is 7.52. The van der Waals surface area contributed by atoms with Gasteiger partial charge in [0.15, 0.2) is 5.43 Å². The number of ether oxygens (including phenoxy) is 2. The van der Waals surface area contributed by atoms with Crippen molar-refractivity contribution in [3.05, 3.63) is 111 Å². The summed E-state index contributed by atoms with van der Waals surface area (Å²) in [5.41, 5.74) is 3.56. The largest absolute Gasteiger partial charge is 0.489 e. The molecule has 2 aliphatic heterocycles. The molecular formula is C32H32N2O5. The zero-order chi connectivity index (χ0) is 26.8. The number of hydrogen-bond acceptors (Lipinski definition) is 6. The van der Waals surface area contributed by atoms with Gasteiger partial charge in [-0.3, -0.25) is 14.5 Å². The zero-order valence-corrected chi connectivity index (χ0v) is 22.1. The van der Waals surface area contributed by atoms with Crippen molar-refractivity contribution in [3.8, 4) is 5.75 Å². The molecule has 0 N–H and O–H groups in total. The lowest BCUT2D eigenvalue weighted by Gasteiger charge is -2.29. The molecule has 1 atom stereocenters. The third kappa shape index (κ3) is 5.20. The van der Waals surface area contributed by atoms with Crippen LogP contribution in [0.2, 0.25) is 0 Å². The number of benzene rings is 3. The number of nitrogens with zero attached hydrogens (tertiary/aromatic N) is 2. The molecule has 1 aromatic heterocycles. The molecule has 0 aliphatic carbocycles. The Balaban J connectivity index is 1.34. The lowest BCUT2D eigenvalue weighted by Crippen LogP contribution is -2.38. The number of amides is 1. The molecule has 0 saturated carbocycles. The van der Waals surface area contributed by atoms with Gasteiger partial charge in [0.05, 0.1) is 30.2 Å². The van der Waals surface area contributed by atoms with Crippen molar-refractivity contribution in [2.75, 3.05) is 39.4 Å². The summed E-state index contributed by atoms with van der Waals surface area (Å²) < 4.78 is 17.7. The number of fused-ring (bicyclic) bond motifs is 2. The first-order valence-electron chi connectivity index (χ1n) is 13.5. The van der Waals surface area contributed by atoms with Crippen LogP contribution in [0.1, 0.15) is 45.3 Å². The first-order chi connectivity index (χ1) is 19.1. The Labute approximate surface area is 227 Å². The molecule has 1 amide bonds. The lowest BCUT2D eigenvalue weighted by molar-refractivity contribution is 0.0353. The summed E-state index contributed by atoms with van der Waals surface area (Å²) in [5.74, 6) is 0.585. The Morgan fingerprint density at radius 2 is 1.74 bits per heavy atom. The normalized spacial score (nSPS) is 17.5. The van der Waals surface area contributed by atoms with E-state index in [1.165, 1.54) is 0 Å². The van der Waals surface area contributed by atoms with Crippen LogP contribution in [0.5, 0.6) is 5.75 Å². The zero-order valence-electron chi connectivity index (χ0n) is 22.1. The molecule has 1 saturated heterocycles. The minimum absolute atomic E-state index is 0.142. The van der Waals surface area contributed by atoms with Gasteiger partial charge in [0.25, 0.3) is 5.91 Å². The van der Waals surface area contributed by atoms with E-state index in [9.17, 15) is 9.59 Å². The van der Waals surface area contributed by atoms with E-state index in [0.29, 0.717) is 35.4 Å². The van der Waals surface area contributed by atoms with E-state index in [1.807, 2.05) is 73.7 Å². The summed E-state index contributed by atoms with van der Waals surface area (Å²) in [6.45, 7) is 6.99. The van der Waals surface area contributed by atoms with Gasteiger partial charge < -0.3 is 18.8 Å². The van der Waals surface area contributed by atoms with E-state index in [1.54, 1.807) is 11.0 Å². The first kappa shape index (κ1) is 25.3. The van der Waals surface area contributed by atoms with Gasteiger partial charge in [0.1, 0.15) is 17.9 Å². The fraction of sp³-hybridized carbons (Fsp3) is 0.312. The lowest BCUT2D eigenvalue weighted by atomic mass is 9.98. The molecule has 7 heteroatoms. The molecule has 39 heavy (non-hydrogen) atoms. The Morgan fingerprint density at radius 3 is 2.56 bits per heavy atom. The molecule has 2 aliphatic rings. The topological polar surface area (TPSA) is 72.2 Å². The van der Waals surface area contributed by atoms with E-state index >= 15 is 0 Å². The second-order valence-electron chi connectivity index (χ2n) is 10.2. The average molecular weight is 525 g/mol. The second-order valence-corrected chi connectivity index (χ2v) is 10.2. The van der Waals surface area contributed by atoms with Crippen molar-refractivity contribution in [3.63, 3.8) is 0 Å². The molecule has 3 heterocycles. The van der Waals surface area contributed by atoms with Gasteiger partial charge >= 0.3 is 0 Å². The van der Waals surface area contributed by atoms with Gasteiger partial charge in [-0.05, 0) is 48.7 Å². The van der Waals surface area contributed by atoms with E-state index in [0.717, 1.165) is 56.0 Å². The summed E-state index contributed by atoms with van der Waals surface area (Å²) in [4.78, 5) is 31.8. The smallest absolute Gasteiger partial charge is 0.290 e. The van der Waals surface area contributed by atoms with Crippen molar-refractivity contribution in [2.45, 2.75) is 26.0 Å².